The van der Waals surface area contributed by atoms with Crippen LogP contribution in [0.4, 0.5) is 0 Å². The Hall–Kier alpha value is -2.02. The highest BCUT2D eigenvalue weighted by molar-refractivity contribution is 7.99. The first-order chi connectivity index (χ1) is 12.0. The van der Waals surface area contributed by atoms with Gasteiger partial charge in [-0.05, 0) is 26.3 Å². The molecule has 1 amide bonds. The first-order valence-electron chi connectivity index (χ1n) is 8.68. The van der Waals surface area contributed by atoms with Crippen molar-refractivity contribution in [3.63, 3.8) is 0 Å². The second-order valence-corrected chi connectivity index (χ2v) is 9.29. The van der Waals surface area contributed by atoms with Crippen molar-refractivity contribution in [1.29, 1.82) is 0 Å². The Kier molecular flexibility index (Phi) is 6.01. The Bertz CT molecular complexity index is 744. The Morgan fingerprint density at radius 1 is 1.12 bits per heavy atom. The molecule has 0 saturated carbocycles. The number of benzene rings is 1. The minimum Gasteiger partial charge on any atom is -0.336 e. The molecule has 1 aromatic carbocycles. The van der Waals surface area contributed by atoms with Crippen molar-refractivity contribution in [3.8, 4) is 0 Å². The van der Waals surface area contributed by atoms with Gasteiger partial charge in [0.1, 0.15) is 0 Å². The number of carbonyl (C=O) groups is 1. The largest absolute Gasteiger partial charge is 0.336 e. The first kappa shape index (κ1) is 20.3. The maximum Gasteiger partial charge on any atom is 0.233 e. The average molecular weight is 376 g/mol. The molecule has 1 aromatic heterocycles. The van der Waals surface area contributed by atoms with Crippen LogP contribution < -0.4 is 5.84 Å². The summed E-state index contributed by atoms with van der Waals surface area (Å²) in [6.45, 7) is 12.8. The average Bonchev–Trinajstić information content (AvgIpc) is 2.91. The van der Waals surface area contributed by atoms with E-state index >= 15 is 0 Å². The van der Waals surface area contributed by atoms with Crippen LogP contribution in [0.25, 0.3) is 0 Å². The van der Waals surface area contributed by atoms with Gasteiger partial charge >= 0.3 is 0 Å². The highest BCUT2D eigenvalue weighted by Gasteiger charge is 2.28. The number of carbonyl (C=O) groups excluding carboxylic acids is 1. The molecule has 0 atom stereocenters. The van der Waals surface area contributed by atoms with Crippen LogP contribution in [0, 0.1) is 0 Å². The predicted octanol–water partition coefficient (Wildman–Crippen LogP) is 3.21. The van der Waals surface area contributed by atoms with Gasteiger partial charge in [0, 0.05) is 17.5 Å². The maximum absolute atomic E-state index is 12.9. The van der Waals surface area contributed by atoms with E-state index in [1.165, 1.54) is 16.4 Å². The number of aromatic nitrogens is 3. The van der Waals surface area contributed by atoms with Crippen molar-refractivity contribution < 1.29 is 4.79 Å². The van der Waals surface area contributed by atoms with Crippen LogP contribution in [-0.4, -0.2) is 37.0 Å². The molecule has 7 heteroatoms. The lowest BCUT2D eigenvalue weighted by Gasteiger charge is -2.36. The fourth-order valence-corrected chi connectivity index (χ4v) is 3.29. The normalized spacial score (nSPS) is 12.2. The van der Waals surface area contributed by atoms with E-state index in [2.05, 4.69) is 10.2 Å². The molecule has 6 nitrogen and oxygen atoms in total. The van der Waals surface area contributed by atoms with Gasteiger partial charge in [0.25, 0.3) is 0 Å². The van der Waals surface area contributed by atoms with Gasteiger partial charge in [-0.2, -0.15) is 0 Å². The standard InChI is InChI=1S/C19H29N5OS/c1-18(2,3)16-21-22-17(24(16)20)26-13-15(25)23(19(4,5)6)12-14-10-8-7-9-11-14/h7-11H,12-13,20H2,1-6H3. The molecule has 142 valence electrons. The molecule has 0 radical (unpaired) electrons. The number of nitrogen functional groups attached to an aromatic ring is 1. The first-order valence-corrected chi connectivity index (χ1v) is 9.67. The zero-order valence-electron chi connectivity index (χ0n) is 16.5. The van der Waals surface area contributed by atoms with Crippen molar-refractivity contribution in [2.75, 3.05) is 11.6 Å². The summed E-state index contributed by atoms with van der Waals surface area (Å²) in [5.41, 5.74) is 0.633. The van der Waals surface area contributed by atoms with Gasteiger partial charge in [0.15, 0.2) is 5.82 Å². The third-order valence-electron chi connectivity index (χ3n) is 3.95. The molecule has 2 rings (SSSR count). The fourth-order valence-electron chi connectivity index (χ4n) is 2.56. The summed E-state index contributed by atoms with van der Waals surface area (Å²) in [6, 6.07) is 10.0. The summed E-state index contributed by atoms with van der Waals surface area (Å²) in [6.07, 6.45) is 0. The quantitative estimate of drug-likeness (QED) is 0.641. The van der Waals surface area contributed by atoms with Crippen molar-refractivity contribution in [2.45, 2.75) is 64.2 Å². The Morgan fingerprint density at radius 3 is 2.23 bits per heavy atom. The fraction of sp³-hybridized carbons (Fsp3) is 0.526. The van der Waals surface area contributed by atoms with Crippen LogP contribution in [0.5, 0.6) is 0 Å². The number of amides is 1. The molecule has 0 saturated heterocycles. The summed E-state index contributed by atoms with van der Waals surface area (Å²) < 4.78 is 1.48. The molecule has 0 aliphatic heterocycles. The second kappa shape index (κ2) is 7.70. The second-order valence-electron chi connectivity index (χ2n) is 8.35. The van der Waals surface area contributed by atoms with Crippen molar-refractivity contribution >= 4 is 17.7 Å². The molecule has 26 heavy (non-hydrogen) atoms. The van der Waals surface area contributed by atoms with Gasteiger partial charge in [0.2, 0.25) is 11.1 Å². The summed E-state index contributed by atoms with van der Waals surface area (Å²) >= 11 is 1.32. The highest BCUT2D eigenvalue weighted by Crippen LogP contribution is 2.25. The van der Waals surface area contributed by atoms with Crippen molar-refractivity contribution in [1.82, 2.24) is 19.8 Å². The number of hydrogen-bond donors (Lipinski definition) is 1. The van der Waals surface area contributed by atoms with E-state index in [0.717, 1.165) is 5.56 Å². The van der Waals surface area contributed by atoms with Gasteiger partial charge in [0.05, 0.1) is 5.75 Å². The van der Waals surface area contributed by atoms with Crippen LogP contribution in [0.15, 0.2) is 35.5 Å². The Labute approximate surface area is 160 Å². The van der Waals surface area contributed by atoms with Crippen LogP contribution in [0.2, 0.25) is 0 Å². The molecule has 2 aromatic rings. The summed E-state index contributed by atoms with van der Waals surface area (Å²) in [7, 11) is 0. The Morgan fingerprint density at radius 2 is 1.73 bits per heavy atom. The molecular weight excluding hydrogens is 346 g/mol. The van der Waals surface area contributed by atoms with E-state index in [4.69, 9.17) is 5.84 Å². The molecule has 0 aliphatic rings. The third-order valence-corrected chi connectivity index (χ3v) is 4.88. The number of nitrogens with two attached hydrogens (primary N) is 1. The van der Waals surface area contributed by atoms with Gasteiger partial charge in [-0.1, -0.05) is 62.9 Å². The predicted molar refractivity (Wildman–Crippen MR) is 106 cm³/mol. The van der Waals surface area contributed by atoms with Gasteiger partial charge in [-0.3, -0.25) is 4.79 Å². The lowest BCUT2D eigenvalue weighted by Crippen LogP contribution is -2.46. The molecule has 0 aliphatic carbocycles. The van der Waals surface area contributed by atoms with Crippen molar-refractivity contribution in [3.05, 3.63) is 41.7 Å². The van der Waals surface area contributed by atoms with Crippen LogP contribution in [0.1, 0.15) is 52.9 Å². The Balaban J connectivity index is 2.10. The smallest absolute Gasteiger partial charge is 0.233 e. The number of thioether (sulfide) groups is 1. The minimum atomic E-state index is -0.277. The summed E-state index contributed by atoms with van der Waals surface area (Å²) in [4.78, 5) is 14.8. The van der Waals surface area contributed by atoms with Gasteiger partial charge in [-0.25, -0.2) is 4.68 Å². The SMILES string of the molecule is CC(C)(C)c1nnc(SCC(=O)N(Cc2ccccc2)C(C)(C)C)n1N. The lowest BCUT2D eigenvalue weighted by atomic mass is 9.96. The summed E-state index contributed by atoms with van der Waals surface area (Å²) in [5.74, 6) is 7.12. The molecule has 0 spiro atoms. The van der Waals surface area contributed by atoms with E-state index in [1.807, 2.05) is 76.8 Å². The highest BCUT2D eigenvalue weighted by atomic mass is 32.2. The van der Waals surface area contributed by atoms with E-state index in [1.54, 1.807) is 0 Å². The van der Waals surface area contributed by atoms with Crippen LogP contribution in [-0.2, 0) is 16.8 Å². The number of hydrogen-bond acceptors (Lipinski definition) is 5. The number of nitrogens with zero attached hydrogens (tertiary/aromatic N) is 4. The van der Waals surface area contributed by atoms with E-state index in [-0.39, 0.29) is 22.6 Å². The topological polar surface area (TPSA) is 77.0 Å². The molecule has 0 fully saturated rings. The van der Waals surface area contributed by atoms with Crippen molar-refractivity contribution in [2.24, 2.45) is 0 Å². The molecule has 0 unspecified atom stereocenters. The minimum absolute atomic E-state index is 0.0478. The number of rotatable bonds is 5. The molecule has 0 bridgehead atoms. The van der Waals surface area contributed by atoms with E-state index in [0.29, 0.717) is 17.5 Å². The molecule has 2 N–H and O–H groups in total. The van der Waals surface area contributed by atoms with Crippen LogP contribution >= 0.6 is 11.8 Å². The lowest BCUT2D eigenvalue weighted by molar-refractivity contribution is -0.133. The monoisotopic (exact) mass is 375 g/mol. The van der Waals surface area contributed by atoms with Gasteiger partial charge in [-0.15, -0.1) is 10.2 Å². The van der Waals surface area contributed by atoms with Gasteiger partial charge < -0.3 is 10.7 Å². The zero-order chi connectivity index (χ0) is 19.5. The summed E-state index contributed by atoms with van der Waals surface area (Å²) in [5, 5.41) is 8.86. The zero-order valence-corrected chi connectivity index (χ0v) is 17.3. The van der Waals surface area contributed by atoms with Crippen LogP contribution in [0.3, 0.4) is 0 Å². The van der Waals surface area contributed by atoms with E-state index in [9.17, 15) is 4.79 Å². The molecule has 1 heterocycles. The third kappa shape index (κ3) is 5.00. The van der Waals surface area contributed by atoms with E-state index < -0.39 is 0 Å². The molecular formula is C19H29N5OS. The maximum atomic E-state index is 12.9.